The van der Waals surface area contributed by atoms with Crippen LogP contribution < -0.4 is 10.2 Å². The molecule has 21 heavy (non-hydrogen) atoms. The van der Waals surface area contributed by atoms with Gasteiger partial charge in [0.05, 0.1) is 11.1 Å². The van der Waals surface area contributed by atoms with Crippen molar-refractivity contribution < 1.29 is 4.74 Å². The molecule has 3 nitrogen and oxygen atoms in total. The summed E-state index contributed by atoms with van der Waals surface area (Å²) in [6.07, 6.45) is 0.563. The van der Waals surface area contributed by atoms with E-state index in [1.807, 2.05) is 66.2 Å². The van der Waals surface area contributed by atoms with Crippen LogP contribution in [0, 0.1) is 0 Å². The van der Waals surface area contributed by atoms with E-state index in [1.165, 1.54) is 0 Å². The maximum absolute atomic E-state index is 12.7. The SMILES string of the molecule is Cn1c2c(c(=O)c3ccccc31)CC(c1ccccc1)O2. The number of aryl methyl sites for hydroxylation is 1. The van der Waals surface area contributed by atoms with Gasteiger partial charge in [-0.25, -0.2) is 0 Å². The molecule has 1 aromatic heterocycles. The van der Waals surface area contributed by atoms with Gasteiger partial charge < -0.3 is 9.30 Å². The Morgan fingerprint density at radius 3 is 2.57 bits per heavy atom. The molecule has 2 heterocycles. The van der Waals surface area contributed by atoms with Gasteiger partial charge in [-0.05, 0) is 17.7 Å². The van der Waals surface area contributed by atoms with Gasteiger partial charge in [-0.3, -0.25) is 4.79 Å². The number of rotatable bonds is 1. The second kappa shape index (κ2) is 4.48. The van der Waals surface area contributed by atoms with Crippen molar-refractivity contribution in [2.45, 2.75) is 12.5 Å². The van der Waals surface area contributed by atoms with Gasteiger partial charge in [-0.2, -0.15) is 0 Å². The van der Waals surface area contributed by atoms with E-state index < -0.39 is 0 Å². The summed E-state index contributed by atoms with van der Waals surface area (Å²) in [6.45, 7) is 0. The van der Waals surface area contributed by atoms with Crippen LogP contribution in [0.4, 0.5) is 0 Å². The first kappa shape index (κ1) is 12.2. The maximum Gasteiger partial charge on any atom is 0.201 e. The third kappa shape index (κ3) is 1.77. The molecule has 0 amide bonds. The van der Waals surface area contributed by atoms with E-state index in [-0.39, 0.29) is 11.5 Å². The van der Waals surface area contributed by atoms with Crippen LogP contribution in [0.25, 0.3) is 10.9 Å². The van der Waals surface area contributed by atoms with Crippen molar-refractivity contribution in [2.24, 2.45) is 7.05 Å². The van der Waals surface area contributed by atoms with Gasteiger partial charge in [0.25, 0.3) is 0 Å². The van der Waals surface area contributed by atoms with Gasteiger partial charge >= 0.3 is 0 Å². The minimum absolute atomic E-state index is 0.0723. The summed E-state index contributed by atoms with van der Waals surface area (Å²) in [7, 11) is 1.95. The molecule has 104 valence electrons. The molecular weight excluding hydrogens is 262 g/mol. The monoisotopic (exact) mass is 277 g/mol. The number of nitrogens with zero attached hydrogens (tertiary/aromatic N) is 1. The highest BCUT2D eigenvalue weighted by atomic mass is 16.5. The Kier molecular flexibility index (Phi) is 2.61. The Labute approximate surface area is 122 Å². The van der Waals surface area contributed by atoms with Crippen LogP contribution in [0.2, 0.25) is 0 Å². The number of benzene rings is 2. The standard InChI is InChI=1S/C18H15NO2/c1-19-15-10-6-5-9-13(15)17(20)14-11-16(21-18(14)19)12-7-3-2-4-8-12/h2-10,16H,11H2,1H3. The topological polar surface area (TPSA) is 31.2 Å². The van der Waals surface area contributed by atoms with Crippen molar-refractivity contribution in [3.8, 4) is 5.88 Å². The predicted octanol–water partition coefficient (Wildman–Crippen LogP) is 3.21. The zero-order chi connectivity index (χ0) is 14.4. The third-order valence-corrected chi connectivity index (χ3v) is 4.16. The van der Waals surface area contributed by atoms with Crippen molar-refractivity contribution in [3.05, 3.63) is 75.9 Å². The zero-order valence-corrected chi connectivity index (χ0v) is 11.7. The number of pyridine rings is 1. The summed E-state index contributed by atoms with van der Waals surface area (Å²) in [6, 6.07) is 17.7. The van der Waals surface area contributed by atoms with E-state index in [1.54, 1.807) is 0 Å². The predicted molar refractivity (Wildman–Crippen MR) is 82.7 cm³/mol. The largest absolute Gasteiger partial charge is 0.470 e. The molecule has 3 heteroatoms. The lowest BCUT2D eigenvalue weighted by molar-refractivity contribution is 0.224. The van der Waals surface area contributed by atoms with Gasteiger partial charge in [0, 0.05) is 18.9 Å². The normalized spacial score (nSPS) is 16.7. The molecule has 1 atom stereocenters. The van der Waals surface area contributed by atoms with Crippen molar-refractivity contribution in [1.29, 1.82) is 0 Å². The molecule has 0 radical (unpaired) electrons. The summed E-state index contributed by atoms with van der Waals surface area (Å²) >= 11 is 0. The van der Waals surface area contributed by atoms with E-state index in [0.717, 1.165) is 22.0 Å². The summed E-state index contributed by atoms with van der Waals surface area (Å²) in [4.78, 5) is 12.7. The van der Waals surface area contributed by atoms with Gasteiger partial charge in [0.2, 0.25) is 5.88 Å². The quantitative estimate of drug-likeness (QED) is 0.684. The highest BCUT2D eigenvalue weighted by Gasteiger charge is 2.29. The van der Waals surface area contributed by atoms with Gasteiger partial charge in [0.1, 0.15) is 6.10 Å². The molecular formula is C18H15NO2. The number of hydrogen-bond donors (Lipinski definition) is 0. The molecule has 1 unspecified atom stereocenters. The van der Waals surface area contributed by atoms with Crippen LogP contribution in [0.3, 0.4) is 0 Å². The molecule has 1 aliphatic rings. The second-order valence-corrected chi connectivity index (χ2v) is 5.41. The molecule has 1 aliphatic heterocycles. The van der Waals surface area contributed by atoms with Crippen LogP contribution in [-0.2, 0) is 13.5 Å². The molecule has 0 saturated heterocycles. The molecule has 0 saturated carbocycles. The van der Waals surface area contributed by atoms with Gasteiger partial charge in [-0.15, -0.1) is 0 Å². The first-order valence-corrected chi connectivity index (χ1v) is 7.08. The first-order valence-electron chi connectivity index (χ1n) is 7.08. The summed E-state index contributed by atoms with van der Waals surface area (Å²) < 4.78 is 8.06. The molecule has 0 N–H and O–H groups in total. The van der Waals surface area contributed by atoms with Gasteiger partial charge in [0.15, 0.2) is 5.43 Å². The average molecular weight is 277 g/mol. The number of para-hydroxylation sites is 1. The lowest BCUT2D eigenvalue weighted by Crippen LogP contribution is -2.11. The lowest BCUT2D eigenvalue weighted by Gasteiger charge is -2.13. The summed E-state index contributed by atoms with van der Waals surface area (Å²) in [5, 5.41) is 0.760. The van der Waals surface area contributed by atoms with E-state index >= 15 is 0 Å². The second-order valence-electron chi connectivity index (χ2n) is 5.41. The Bertz CT molecular complexity index is 881. The van der Waals surface area contributed by atoms with Crippen LogP contribution in [0.5, 0.6) is 5.88 Å². The Balaban J connectivity index is 1.90. The fraction of sp³-hybridized carbons (Fsp3) is 0.167. The summed E-state index contributed by atoms with van der Waals surface area (Å²) in [5.41, 5.74) is 2.90. The minimum atomic E-state index is -0.0723. The number of fused-ring (bicyclic) bond motifs is 2. The average Bonchev–Trinajstić information content (AvgIpc) is 2.99. The van der Waals surface area contributed by atoms with E-state index in [0.29, 0.717) is 12.3 Å². The van der Waals surface area contributed by atoms with E-state index in [4.69, 9.17) is 4.74 Å². The fourth-order valence-electron chi connectivity index (χ4n) is 3.08. The number of aromatic nitrogens is 1. The molecule has 0 spiro atoms. The third-order valence-electron chi connectivity index (χ3n) is 4.16. The smallest absolute Gasteiger partial charge is 0.201 e. The van der Waals surface area contributed by atoms with Crippen molar-refractivity contribution in [1.82, 2.24) is 4.57 Å². The van der Waals surface area contributed by atoms with Gasteiger partial charge in [-0.1, -0.05) is 42.5 Å². The number of hydrogen-bond acceptors (Lipinski definition) is 2. The number of ether oxygens (including phenoxy) is 1. The molecule has 3 aromatic rings. The fourth-order valence-corrected chi connectivity index (χ4v) is 3.08. The Hall–Kier alpha value is -2.55. The van der Waals surface area contributed by atoms with Crippen LogP contribution >= 0.6 is 0 Å². The lowest BCUT2D eigenvalue weighted by atomic mass is 10.0. The van der Waals surface area contributed by atoms with Crippen molar-refractivity contribution in [2.75, 3.05) is 0 Å². The van der Waals surface area contributed by atoms with Crippen LogP contribution in [0.1, 0.15) is 17.2 Å². The molecule has 0 bridgehead atoms. The highest BCUT2D eigenvalue weighted by Crippen LogP contribution is 2.36. The van der Waals surface area contributed by atoms with E-state index in [2.05, 4.69) is 0 Å². The summed E-state index contributed by atoms with van der Waals surface area (Å²) in [5.74, 6) is 0.701. The van der Waals surface area contributed by atoms with Crippen molar-refractivity contribution in [3.63, 3.8) is 0 Å². The molecule has 0 aliphatic carbocycles. The van der Waals surface area contributed by atoms with Crippen LogP contribution in [-0.4, -0.2) is 4.57 Å². The maximum atomic E-state index is 12.7. The molecule has 2 aromatic carbocycles. The first-order chi connectivity index (χ1) is 10.3. The highest BCUT2D eigenvalue weighted by molar-refractivity contribution is 5.81. The van der Waals surface area contributed by atoms with E-state index in [9.17, 15) is 4.79 Å². The van der Waals surface area contributed by atoms with Crippen LogP contribution in [0.15, 0.2) is 59.4 Å². The zero-order valence-electron chi connectivity index (χ0n) is 11.7. The minimum Gasteiger partial charge on any atom is -0.470 e. The van der Waals surface area contributed by atoms with Crippen molar-refractivity contribution >= 4 is 10.9 Å². The Morgan fingerprint density at radius 2 is 1.76 bits per heavy atom. The molecule has 0 fully saturated rings. The Morgan fingerprint density at radius 1 is 1.05 bits per heavy atom. The molecule has 4 rings (SSSR count).